The van der Waals surface area contributed by atoms with E-state index < -0.39 is 0 Å². The van der Waals surface area contributed by atoms with E-state index in [1.54, 1.807) is 0 Å². The van der Waals surface area contributed by atoms with Crippen molar-refractivity contribution in [2.24, 2.45) is 12.8 Å². The number of rotatable bonds is 2. The highest BCUT2D eigenvalue weighted by Gasteiger charge is 2.37. The van der Waals surface area contributed by atoms with Crippen LogP contribution in [0.2, 0.25) is 0 Å². The Hall–Kier alpha value is -2.14. The van der Waals surface area contributed by atoms with Gasteiger partial charge in [0.1, 0.15) is 11.5 Å². The molecule has 5 heteroatoms. The largest absolute Gasteiger partial charge is 0.338 e. The molecule has 0 unspecified atom stereocenters. The lowest BCUT2D eigenvalue weighted by atomic mass is 9.77. The van der Waals surface area contributed by atoms with Crippen LogP contribution in [-0.2, 0) is 12.6 Å². The maximum Gasteiger partial charge on any atom is 0.159 e. The van der Waals surface area contributed by atoms with Gasteiger partial charge in [0, 0.05) is 7.05 Å². The first-order chi connectivity index (χ1) is 10.1. The number of aromatic amines is 1. The minimum Gasteiger partial charge on any atom is -0.338 e. The molecule has 3 aromatic rings. The first kappa shape index (κ1) is 12.6. The molecule has 1 aliphatic carbocycles. The Balaban J connectivity index is 1.81. The van der Waals surface area contributed by atoms with Crippen LogP contribution in [0.5, 0.6) is 0 Å². The van der Waals surface area contributed by atoms with Gasteiger partial charge >= 0.3 is 0 Å². The van der Waals surface area contributed by atoms with Crippen LogP contribution in [-0.4, -0.2) is 19.5 Å². The van der Waals surface area contributed by atoms with Crippen molar-refractivity contribution < 1.29 is 0 Å². The molecule has 0 saturated heterocycles. The van der Waals surface area contributed by atoms with E-state index in [0.29, 0.717) is 0 Å². The zero-order chi connectivity index (χ0) is 14.6. The summed E-state index contributed by atoms with van der Waals surface area (Å²) in [6.07, 6.45) is 5.03. The molecule has 0 atom stereocenters. The number of imidazole rings is 2. The average Bonchev–Trinajstić information content (AvgIpc) is 3.01. The number of nitrogens with zero attached hydrogens (tertiary/aromatic N) is 3. The summed E-state index contributed by atoms with van der Waals surface area (Å²) in [4.78, 5) is 12.6. The molecule has 1 aliphatic rings. The molecule has 108 valence electrons. The first-order valence-electron chi connectivity index (χ1n) is 7.35. The Labute approximate surface area is 123 Å². The highest BCUT2D eigenvalue weighted by molar-refractivity contribution is 5.80. The van der Waals surface area contributed by atoms with Crippen molar-refractivity contribution in [3.05, 3.63) is 35.8 Å². The molecule has 4 rings (SSSR count). The Morgan fingerprint density at radius 2 is 2.14 bits per heavy atom. The smallest absolute Gasteiger partial charge is 0.159 e. The summed E-state index contributed by atoms with van der Waals surface area (Å²) in [7, 11) is 2.03. The molecule has 1 fully saturated rings. The SMILES string of the molecule is Cc1ccc2c(c1)nc(-c1cnc(C3(N)CCC3)[nH]1)n2C. The summed E-state index contributed by atoms with van der Waals surface area (Å²) in [5.41, 5.74) is 10.3. The summed E-state index contributed by atoms with van der Waals surface area (Å²) >= 11 is 0. The number of H-pyrrole nitrogens is 1. The van der Waals surface area contributed by atoms with Gasteiger partial charge in [-0.25, -0.2) is 9.97 Å². The van der Waals surface area contributed by atoms with Gasteiger partial charge in [-0.2, -0.15) is 0 Å². The number of nitrogens with one attached hydrogen (secondary N) is 1. The Kier molecular flexibility index (Phi) is 2.50. The number of hydrogen-bond acceptors (Lipinski definition) is 3. The van der Waals surface area contributed by atoms with Gasteiger partial charge in [0.25, 0.3) is 0 Å². The number of aryl methyl sites for hydroxylation is 2. The Morgan fingerprint density at radius 3 is 2.86 bits per heavy atom. The molecule has 3 N–H and O–H groups in total. The number of fused-ring (bicyclic) bond motifs is 1. The van der Waals surface area contributed by atoms with Crippen LogP contribution in [0.3, 0.4) is 0 Å². The maximum atomic E-state index is 6.33. The van der Waals surface area contributed by atoms with Crippen molar-refractivity contribution in [3.8, 4) is 11.5 Å². The first-order valence-corrected chi connectivity index (χ1v) is 7.35. The Bertz CT molecular complexity index is 822. The molecule has 1 saturated carbocycles. The third-order valence-electron chi connectivity index (χ3n) is 4.57. The van der Waals surface area contributed by atoms with Crippen LogP contribution in [0.1, 0.15) is 30.7 Å². The number of aromatic nitrogens is 4. The van der Waals surface area contributed by atoms with Gasteiger partial charge in [0.2, 0.25) is 0 Å². The molecule has 2 heterocycles. The van der Waals surface area contributed by atoms with E-state index in [1.807, 2.05) is 13.2 Å². The molecule has 0 spiro atoms. The monoisotopic (exact) mass is 281 g/mol. The molecule has 0 radical (unpaired) electrons. The zero-order valence-electron chi connectivity index (χ0n) is 12.3. The lowest BCUT2D eigenvalue weighted by Crippen LogP contribution is -2.44. The van der Waals surface area contributed by atoms with Crippen molar-refractivity contribution >= 4 is 11.0 Å². The second-order valence-corrected chi connectivity index (χ2v) is 6.14. The fourth-order valence-electron chi connectivity index (χ4n) is 3.03. The highest BCUT2D eigenvalue weighted by Crippen LogP contribution is 2.37. The molecule has 0 aliphatic heterocycles. The molecular weight excluding hydrogens is 262 g/mol. The van der Waals surface area contributed by atoms with E-state index >= 15 is 0 Å². The maximum absolute atomic E-state index is 6.33. The molecule has 0 amide bonds. The van der Waals surface area contributed by atoms with Gasteiger partial charge in [-0.05, 0) is 43.9 Å². The third kappa shape index (κ3) is 1.81. The quantitative estimate of drug-likeness (QED) is 0.758. The van der Waals surface area contributed by atoms with Crippen molar-refractivity contribution in [1.82, 2.24) is 19.5 Å². The summed E-state index contributed by atoms with van der Waals surface area (Å²) in [6.45, 7) is 2.08. The molecule has 2 aromatic heterocycles. The van der Waals surface area contributed by atoms with E-state index in [0.717, 1.165) is 41.2 Å². The summed E-state index contributed by atoms with van der Waals surface area (Å²) in [5.74, 6) is 1.78. The van der Waals surface area contributed by atoms with Crippen LogP contribution >= 0.6 is 0 Å². The van der Waals surface area contributed by atoms with E-state index in [2.05, 4.69) is 39.7 Å². The van der Waals surface area contributed by atoms with Crippen LogP contribution in [0.4, 0.5) is 0 Å². The summed E-state index contributed by atoms with van der Waals surface area (Å²) in [5, 5.41) is 0. The zero-order valence-corrected chi connectivity index (χ0v) is 12.3. The lowest BCUT2D eigenvalue weighted by Gasteiger charge is -2.35. The van der Waals surface area contributed by atoms with E-state index in [4.69, 9.17) is 10.7 Å². The molecule has 0 bridgehead atoms. The number of nitrogens with two attached hydrogens (primary N) is 1. The molecule has 1 aromatic carbocycles. The lowest BCUT2D eigenvalue weighted by molar-refractivity contribution is 0.240. The second kappa shape index (κ2) is 4.18. The normalized spacial score (nSPS) is 17.1. The van der Waals surface area contributed by atoms with E-state index in [-0.39, 0.29) is 5.54 Å². The van der Waals surface area contributed by atoms with Crippen molar-refractivity contribution in [3.63, 3.8) is 0 Å². The Morgan fingerprint density at radius 1 is 1.33 bits per heavy atom. The second-order valence-electron chi connectivity index (χ2n) is 6.14. The van der Waals surface area contributed by atoms with Gasteiger partial charge in [0.15, 0.2) is 5.82 Å². The standard InChI is InChI=1S/C16H19N5/c1-10-4-5-13-11(8-10)19-14(21(13)2)12-9-18-15(20-12)16(17)6-3-7-16/h4-5,8-9H,3,6-7,17H2,1-2H3,(H,18,20). The number of hydrogen-bond donors (Lipinski definition) is 2. The fourth-order valence-corrected chi connectivity index (χ4v) is 3.03. The van der Waals surface area contributed by atoms with Gasteiger partial charge in [-0.15, -0.1) is 0 Å². The van der Waals surface area contributed by atoms with Crippen LogP contribution in [0.25, 0.3) is 22.6 Å². The van der Waals surface area contributed by atoms with Crippen LogP contribution in [0, 0.1) is 6.92 Å². The van der Waals surface area contributed by atoms with Crippen molar-refractivity contribution in [2.45, 2.75) is 31.7 Å². The average molecular weight is 281 g/mol. The molecular formula is C16H19N5. The van der Waals surface area contributed by atoms with E-state index in [9.17, 15) is 0 Å². The van der Waals surface area contributed by atoms with E-state index in [1.165, 1.54) is 12.0 Å². The predicted molar refractivity (Wildman–Crippen MR) is 82.7 cm³/mol. The van der Waals surface area contributed by atoms with Crippen LogP contribution < -0.4 is 5.73 Å². The highest BCUT2D eigenvalue weighted by atomic mass is 15.1. The summed E-state index contributed by atoms with van der Waals surface area (Å²) < 4.78 is 2.09. The predicted octanol–water partition coefficient (Wildman–Crippen LogP) is 2.61. The topological polar surface area (TPSA) is 72.5 Å². The van der Waals surface area contributed by atoms with Gasteiger partial charge in [0.05, 0.1) is 22.8 Å². The van der Waals surface area contributed by atoms with Gasteiger partial charge in [-0.3, -0.25) is 0 Å². The van der Waals surface area contributed by atoms with Crippen LogP contribution in [0.15, 0.2) is 24.4 Å². The summed E-state index contributed by atoms with van der Waals surface area (Å²) in [6, 6.07) is 6.32. The number of benzene rings is 1. The minimum atomic E-state index is -0.264. The minimum absolute atomic E-state index is 0.264. The van der Waals surface area contributed by atoms with Gasteiger partial charge in [-0.1, -0.05) is 6.07 Å². The third-order valence-corrected chi connectivity index (χ3v) is 4.57. The van der Waals surface area contributed by atoms with Gasteiger partial charge < -0.3 is 15.3 Å². The molecule has 21 heavy (non-hydrogen) atoms. The fraction of sp³-hybridized carbons (Fsp3) is 0.375. The van der Waals surface area contributed by atoms with Crippen molar-refractivity contribution in [1.29, 1.82) is 0 Å². The van der Waals surface area contributed by atoms with Crippen molar-refractivity contribution in [2.75, 3.05) is 0 Å². The molecule has 5 nitrogen and oxygen atoms in total.